The molecule has 2 aromatic carbocycles. The maximum Gasteiger partial charge on any atom is 0.273 e. The smallest absolute Gasteiger partial charge is 0.273 e. The van der Waals surface area contributed by atoms with Gasteiger partial charge < -0.3 is 25.7 Å². The monoisotopic (exact) mass is 527 g/mol. The van der Waals surface area contributed by atoms with Crippen LogP contribution in [0, 0.1) is 11.2 Å². The molecule has 0 radical (unpaired) electrons. The summed E-state index contributed by atoms with van der Waals surface area (Å²) in [5.74, 6) is -1.92. The molecule has 0 fully saturated rings. The van der Waals surface area contributed by atoms with E-state index >= 15 is 0 Å². The summed E-state index contributed by atoms with van der Waals surface area (Å²) in [6, 6.07) is 12.2. The quantitative estimate of drug-likeness (QED) is 0.297. The van der Waals surface area contributed by atoms with Crippen molar-refractivity contribution < 1.29 is 29.0 Å². The fourth-order valence-electron chi connectivity index (χ4n) is 4.03. The summed E-state index contributed by atoms with van der Waals surface area (Å²) in [6.45, 7) is 4.83. The third kappa shape index (κ3) is 7.14. The van der Waals surface area contributed by atoms with Gasteiger partial charge in [0, 0.05) is 18.5 Å². The molecule has 3 amide bonds. The second-order valence-electron chi connectivity index (χ2n) is 9.97. The lowest BCUT2D eigenvalue weighted by Crippen LogP contribution is -2.55. The number of hydrogen-bond acceptors (Lipinski definition) is 6. The molecular formula is C27H34FN5O5. The highest BCUT2D eigenvalue weighted by atomic mass is 19.1. The number of fused-ring (bicyclic) bond motifs is 1. The summed E-state index contributed by atoms with van der Waals surface area (Å²) in [6.07, 6.45) is 0. The number of aliphatic hydroxyl groups excluding tert-OH is 2. The first-order chi connectivity index (χ1) is 18.0. The highest BCUT2D eigenvalue weighted by Gasteiger charge is 2.34. The van der Waals surface area contributed by atoms with E-state index in [1.807, 2.05) is 12.1 Å². The van der Waals surface area contributed by atoms with Crippen LogP contribution in [0.15, 0.2) is 48.5 Å². The number of halogens is 1. The molecule has 0 aliphatic carbocycles. The first kappa shape index (κ1) is 28.7. The Morgan fingerprint density at radius 1 is 1.03 bits per heavy atom. The molecule has 0 spiro atoms. The van der Waals surface area contributed by atoms with Crippen LogP contribution in [0.4, 0.5) is 4.39 Å². The van der Waals surface area contributed by atoms with Crippen LogP contribution in [0.25, 0.3) is 10.9 Å². The molecule has 1 atom stereocenters. The number of rotatable bonds is 11. The van der Waals surface area contributed by atoms with E-state index in [0.29, 0.717) is 17.4 Å². The topological polar surface area (TPSA) is 137 Å². The molecule has 0 aliphatic rings. The molecule has 0 unspecified atom stereocenters. The number of aliphatic hydroxyl groups is 2. The average Bonchev–Trinajstić information content (AvgIpc) is 3.24. The molecule has 0 saturated heterocycles. The Morgan fingerprint density at radius 2 is 1.66 bits per heavy atom. The zero-order valence-corrected chi connectivity index (χ0v) is 21.8. The first-order valence-electron chi connectivity index (χ1n) is 12.3. The van der Waals surface area contributed by atoms with Gasteiger partial charge in [-0.2, -0.15) is 5.10 Å². The summed E-state index contributed by atoms with van der Waals surface area (Å²) in [7, 11) is 0. The van der Waals surface area contributed by atoms with E-state index in [4.69, 9.17) is 10.2 Å². The van der Waals surface area contributed by atoms with Crippen molar-refractivity contribution in [2.45, 2.75) is 33.4 Å². The van der Waals surface area contributed by atoms with Crippen LogP contribution >= 0.6 is 0 Å². The van der Waals surface area contributed by atoms with Crippen LogP contribution in [-0.2, 0) is 16.1 Å². The summed E-state index contributed by atoms with van der Waals surface area (Å²) < 4.78 is 15.0. The number of benzene rings is 2. The molecule has 0 aliphatic heterocycles. The summed E-state index contributed by atoms with van der Waals surface area (Å²) >= 11 is 0. The fraction of sp³-hybridized carbons (Fsp3) is 0.407. The minimum Gasteiger partial charge on any atom is -0.395 e. The van der Waals surface area contributed by atoms with Gasteiger partial charge in [-0.1, -0.05) is 51.1 Å². The zero-order valence-electron chi connectivity index (χ0n) is 21.8. The van der Waals surface area contributed by atoms with Crippen molar-refractivity contribution in [2.75, 3.05) is 32.8 Å². The Labute approximate surface area is 220 Å². The van der Waals surface area contributed by atoms with Gasteiger partial charge in [-0.25, -0.2) is 4.39 Å². The molecule has 3 aromatic rings. The molecular weight excluding hydrogens is 493 g/mol. The number of carbonyl (C=O) groups is 3. The van der Waals surface area contributed by atoms with E-state index in [1.54, 1.807) is 49.7 Å². The van der Waals surface area contributed by atoms with Crippen LogP contribution in [0.1, 0.15) is 36.8 Å². The largest absolute Gasteiger partial charge is 0.395 e. The summed E-state index contributed by atoms with van der Waals surface area (Å²) in [5.41, 5.74) is 0.945. The van der Waals surface area contributed by atoms with Crippen molar-refractivity contribution in [2.24, 2.45) is 5.41 Å². The van der Waals surface area contributed by atoms with E-state index in [9.17, 15) is 18.8 Å². The molecule has 4 N–H and O–H groups in total. The Balaban J connectivity index is 1.79. The van der Waals surface area contributed by atoms with Crippen LogP contribution in [0.3, 0.4) is 0 Å². The van der Waals surface area contributed by atoms with Crippen molar-refractivity contribution in [3.63, 3.8) is 0 Å². The highest BCUT2D eigenvalue weighted by molar-refractivity contribution is 6.06. The molecule has 1 heterocycles. The Kier molecular flexibility index (Phi) is 9.54. The lowest BCUT2D eigenvalue weighted by Gasteiger charge is -2.30. The van der Waals surface area contributed by atoms with Gasteiger partial charge in [0.2, 0.25) is 11.8 Å². The minimum atomic E-state index is -0.993. The maximum atomic E-state index is 13.4. The van der Waals surface area contributed by atoms with Crippen molar-refractivity contribution >= 4 is 28.6 Å². The summed E-state index contributed by atoms with van der Waals surface area (Å²) in [5, 5.41) is 28.7. The minimum absolute atomic E-state index is 0.0301. The number of nitrogens with zero attached hydrogens (tertiary/aromatic N) is 3. The van der Waals surface area contributed by atoms with Crippen molar-refractivity contribution in [1.82, 2.24) is 25.3 Å². The molecule has 0 saturated carbocycles. The second-order valence-corrected chi connectivity index (χ2v) is 9.97. The third-order valence-corrected chi connectivity index (χ3v) is 6.03. The van der Waals surface area contributed by atoms with Crippen molar-refractivity contribution in [3.05, 3.63) is 65.6 Å². The van der Waals surface area contributed by atoms with Crippen molar-refractivity contribution in [1.29, 1.82) is 0 Å². The van der Waals surface area contributed by atoms with Gasteiger partial charge in [-0.05, 0) is 29.2 Å². The number of para-hydroxylation sites is 1. The van der Waals surface area contributed by atoms with Gasteiger partial charge in [-0.3, -0.25) is 19.1 Å². The van der Waals surface area contributed by atoms with Gasteiger partial charge >= 0.3 is 0 Å². The molecule has 0 bridgehead atoms. The molecule has 11 heteroatoms. The maximum absolute atomic E-state index is 13.4. The number of hydrogen-bond donors (Lipinski definition) is 4. The van der Waals surface area contributed by atoms with E-state index in [-0.39, 0.29) is 44.4 Å². The normalized spacial score (nSPS) is 12.3. The number of amides is 3. The zero-order chi connectivity index (χ0) is 27.9. The first-order valence-corrected chi connectivity index (χ1v) is 12.3. The standard InChI is InChI=1S/C27H34FN5O5/c1-27(2,3)24(26(38)29-16-22(36)32(12-14-34)13-15-35)30-25(37)23-20-6-4-5-7-21(20)33(31-23)17-18-8-10-19(28)11-9-18/h4-11,24,34-35H,12-17H2,1-3H3,(H,29,38)(H,30,37)/t24-/m1/s1. The van der Waals surface area contributed by atoms with Crippen molar-refractivity contribution in [3.8, 4) is 0 Å². The van der Waals surface area contributed by atoms with Crippen LogP contribution in [-0.4, -0.2) is 81.5 Å². The van der Waals surface area contributed by atoms with E-state index in [2.05, 4.69) is 15.7 Å². The Morgan fingerprint density at radius 3 is 2.26 bits per heavy atom. The van der Waals surface area contributed by atoms with Crippen LogP contribution in [0.5, 0.6) is 0 Å². The molecule has 204 valence electrons. The number of nitrogens with one attached hydrogen (secondary N) is 2. The van der Waals surface area contributed by atoms with Gasteiger partial charge in [0.15, 0.2) is 5.69 Å². The lowest BCUT2D eigenvalue weighted by molar-refractivity contribution is -0.134. The third-order valence-electron chi connectivity index (χ3n) is 6.03. The van der Waals surface area contributed by atoms with Gasteiger partial charge in [0.05, 0.1) is 31.8 Å². The fourth-order valence-corrected chi connectivity index (χ4v) is 4.03. The molecule has 10 nitrogen and oxygen atoms in total. The highest BCUT2D eigenvalue weighted by Crippen LogP contribution is 2.23. The number of aromatic nitrogens is 2. The van der Waals surface area contributed by atoms with Crippen LogP contribution in [0.2, 0.25) is 0 Å². The van der Waals surface area contributed by atoms with Crippen LogP contribution < -0.4 is 10.6 Å². The van der Waals surface area contributed by atoms with Gasteiger partial charge in [0.1, 0.15) is 11.9 Å². The summed E-state index contributed by atoms with van der Waals surface area (Å²) in [4.78, 5) is 40.2. The lowest BCUT2D eigenvalue weighted by atomic mass is 9.86. The van der Waals surface area contributed by atoms with E-state index in [1.165, 1.54) is 17.0 Å². The predicted molar refractivity (Wildman–Crippen MR) is 140 cm³/mol. The predicted octanol–water partition coefficient (Wildman–Crippen LogP) is 1.30. The Hall–Kier alpha value is -3.83. The molecule has 3 rings (SSSR count). The number of carbonyl (C=O) groups excluding carboxylic acids is 3. The second kappa shape index (κ2) is 12.6. The van der Waals surface area contributed by atoms with E-state index < -0.39 is 29.2 Å². The average molecular weight is 528 g/mol. The van der Waals surface area contributed by atoms with Gasteiger partial charge in [-0.15, -0.1) is 0 Å². The van der Waals surface area contributed by atoms with E-state index in [0.717, 1.165) is 5.56 Å². The molecule has 38 heavy (non-hydrogen) atoms. The SMILES string of the molecule is CC(C)(C)[C@H](NC(=O)c1nn(Cc2ccc(F)cc2)c2ccccc12)C(=O)NCC(=O)N(CCO)CCO. The van der Waals surface area contributed by atoms with Gasteiger partial charge in [0.25, 0.3) is 5.91 Å². The molecule has 1 aromatic heterocycles. The Bertz CT molecular complexity index is 1260.